The fourth-order valence-corrected chi connectivity index (χ4v) is 4.67. The highest BCUT2D eigenvalue weighted by Crippen LogP contribution is 2.34. The highest BCUT2D eigenvalue weighted by Gasteiger charge is 2.44. The van der Waals surface area contributed by atoms with Crippen LogP contribution in [0.1, 0.15) is 54.1 Å². The fraction of sp³-hybridized carbons (Fsp3) is 0.462. The monoisotopic (exact) mass is 421 g/mol. The molecule has 0 N–H and O–H groups in total. The summed E-state index contributed by atoms with van der Waals surface area (Å²) in [5.41, 5.74) is 3.01. The zero-order valence-corrected chi connectivity index (χ0v) is 18.2. The van der Waals surface area contributed by atoms with Crippen LogP contribution in [0.2, 0.25) is 0 Å². The predicted octanol–water partition coefficient (Wildman–Crippen LogP) is 5.03. The Balaban J connectivity index is 1.38. The minimum atomic E-state index is -0.312. The second-order valence-electron chi connectivity index (χ2n) is 8.63. The van der Waals surface area contributed by atoms with Gasteiger partial charge in [-0.25, -0.2) is 4.79 Å². The van der Waals surface area contributed by atoms with Crippen LogP contribution in [0, 0.1) is 5.92 Å². The maximum Gasteiger partial charge on any atom is 0.410 e. The van der Waals surface area contributed by atoms with E-state index in [1.807, 2.05) is 47.4 Å². The average molecular weight is 422 g/mol. The molecule has 5 heteroatoms. The third kappa shape index (κ3) is 5.16. The molecule has 0 saturated carbocycles. The maximum absolute atomic E-state index is 13.2. The Bertz CT molecular complexity index is 866. The number of ether oxygens (including phenoxy) is 2. The van der Waals surface area contributed by atoms with E-state index in [0.717, 1.165) is 30.4 Å². The zero-order valence-electron chi connectivity index (χ0n) is 18.2. The average Bonchev–Trinajstić information content (AvgIpc) is 2.81. The second-order valence-corrected chi connectivity index (χ2v) is 8.63. The number of ketones is 1. The molecule has 31 heavy (non-hydrogen) atoms. The number of nitrogens with zero attached hydrogens (tertiary/aromatic N) is 1. The van der Waals surface area contributed by atoms with Gasteiger partial charge in [0, 0.05) is 11.5 Å². The Hall–Kier alpha value is -2.66. The number of benzene rings is 2. The van der Waals surface area contributed by atoms with Gasteiger partial charge in [0.2, 0.25) is 0 Å². The van der Waals surface area contributed by atoms with Crippen LogP contribution in [-0.2, 0) is 22.5 Å². The maximum atomic E-state index is 13.2. The van der Waals surface area contributed by atoms with Gasteiger partial charge in [0.05, 0.1) is 25.3 Å². The van der Waals surface area contributed by atoms with Gasteiger partial charge in [-0.2, -0.15) is 0 Å². The number of aryl methyl sites for hydroxylation is 1. The Kier molecular flexibility index (Phi) is 7.03. The van der Waals surface area contributed by atoms with Crippen molar-refractivity contribution in [2.45, 2.75) is 57.7 Å². The van der Waals surface area contributed by atoms with Gasteiger partial charge < -0.3 is 9.47 Å². The summed E-state index contributed by atoms with van der Waals surface area (Å²) in [4.78, 5) is 27.8. The lowest BCUT2D eigenvalue weighted by atomic mass is 9.80. The quantitative estimate of drug-likeness (QED) is 0.589. The van der Waals surface area contributed by atoms with E-state index in [0.29, 0.717) is 26.1 Å². The summed E-state index contributed by atoms with van der Waals surface area (Å²) in [7, 11) is 0. The van der Waals surface area contributed by atoms with Gasteiger partial charge in [0.25, 0.3) is 0 Å². The molecule has 0 aromatic heterocycles. The summed E-state index contributed by atoms with van der Waals surface area (Å²) >= 11 is 0. The van der Waals surface area contributed by atoms with Gasteiger partial charge in [-0.15, -0.1) is 0 Å². The van der Waals surface area contributed by atoms with Gasteiger partial charge in [0.1, 0.15) is 6.61 Å². The Morgan fingerprint density at radius 1 is 0.968 bits per heavy atom. The topological polar surface area (TPSA) is 55.8 Å². The smallest absolute Gasteiger partial charge is 0.410 e. The summed E-state index contributed by atoms with van der Waals surface area (Å²) in [5.74, 6) is 0.0924. The van der Waals surface area contributed by atoms with Gasteiger partial charge >= 0.3 is 6.09 Å². The zero-order chi connectivity index (χ0) is 21.6. The highest BCUT2D eigenvalue weighted by atomic mass is 16.6. The molecule has 4 rings (SSSR count). The molecule has 2 aliphatic rings. The molecule has 2 aromatic rings. The third-order valence-corrected chi connectivity index (χ3v) is 6.36. The molecular formula is C26H31NO4. The number of unbranched alkanes of at least 4 members (excludes halogenated alkanes) is 1. The first-order chi connectivity index (χ1) is 15.2. The summed E-state index contributed by atoms with van der Waals surface area (Å²) in [5, 5.41) is 0. The van der Waals surface area contributed by atoms with Gasteiger partial charge in [-0.1, -0.05) is 67.9 Å². The van der Waals surface area contributed by atoms with Crippen molar-refractivity contribution >= 4 is 11.9 Å². The van der Waals surface area contributed by atoms with E-state index in [4.69, 9.17) is 9.47 Å². The first-order valence-corrected chi connectivity index (χ1v) is 11.4. The van der Waals surface area contributed by atoms with Gasteiger partial charge in [0.15, 0.2) is 5.78 Å². The van der Waals surface area contributed by atoms with Gasteiger partial charge in [-0.3, -0.25) is 9.69 Å². The van der Waals surface area contributed by atoms with Crippen LogP contribution in [0.15, 0.2) is 54.6 Å². The van der Waals surface area contributed by atoms with E-state index in [2.05, 4.69) is 19.1 Å². The van der Waals surface area contributed by atoms with Gasteiger partial charge in [-0.05, 0) is 36.8 Å². The Labute approximate surface area is 184 Å². The fourth-order valence-electron chi connectivity index (χ4n) is 4.67. The number of Topliss-reactive ketones (excluding diaryl/α,β-unsaturated/α-hetero) is 1. The first-order valence-electron chi connectivity index (χ1n) is 11.4. The number of morpholine rings is 1. The lowest BCUT2D eigenvalue weighted by Crippen LogP contribution is -2.59. The molecule has 2 saturated heterocycles. The van der Waals surface area contributed by atoms with Crippen molar-refractivity contribution in [1.29, 1.82) is 0 Å². The number of hydrogen-bond donors (Lipinski definition) is 0. The predicted molar refractivity (Wildman–Crippen MR) is 119 cm³/mol. The van der Waals surface area contributed by atoms with E-state index >= 15 is 0 Å². The SMILES string of the molecule is CCCCc1ccc(C(=O)C2CC3COCC(C2)N3C(=O)OCc2ccccc2)cc1. The molecule has 2 unspecified atom stereocenters. The highest BCUT2D eigenvalue weighted by molar-refractivity contribution is 5.98. The molecule has 2 aromatic carbocycles. The van der Waals surface area contributed by atoms with Crippen LogP contribution in [-0.4, -0.2) is 42.1 Å². The minimum Gasteiger partial charge on any atom is -0.445 e. The number of carbonyl (C=O) groups is 2. The molecule has 1 amide bonds. The lowest BCUT2D eigenvalue weighted by molar-refractivity contribution is -0.0755. The summed E-state index contributed by atoms with van der Waals surface area (Å²) < 4.78 is 11.3. The van der Waals surface area contributed by atoms with Crippen molar-refractivity contribution in [1.82, 2.24) is 4.90 Å². The number of piperidine rings is 1. The number of amides is 1. The van der Waals surface area contributed by atoms with Crippen molar-refractivity contribution in [2.75, 3.05) is 13.2 Å². The molecule has 2 fully saturated rings. The normalized spacial score (nSPS) is 22.7. The Morgan fingerprint density at radius 3 is 2.29 bits per heavy atom. The molecule has 0 radical (unpaired) electrons. The van der Waals surface area contributed by atoms with Crippen LogP contribution in [0.4, 0.5) is 4.79 Å². The number of hydrogen-bond acceptors (Lipinski definition) is 4. The first kappa shape index (κ1) is 21.6. The van der Waals surface area contributed by atoms with E-state index < -0.39 is 0 Å². The lowest BCUT2D eigenvalue weighted by Gasteiger charge is -2.47. The number of fused-ring (bicyclic) bond motifs is 2. The molecule has 0 aliphatic carbocycles. The van der Waals surface area contributed by atoms with Crippen molar-refractivity contribution in [3.8, 4) is 0 Å². The van der Waals surface area contributed by atoms with Crippen molar-refractivity contribution in [2.24, 2.45) is 5.92 Å². The molecule has 2 aliphatic heterocycles. The summed E-state index contributed by atoms with van der Waals surface area (Å²) in [6.45, 7) is 3.35. The van der Waals surface area contributed by atoms with E-state index in [1.165, 1.54) is 5.56 Å². The summed E-state index contributed by atoms with van der Waals surface area (Å²) in [6.07, 6.45) is 4.30. The third-order valence-electron chi connectivity index (χ3n) is 6.36. The van der Waals surface area contributed by atoms with E-state index in [9.17, 15) is 9.59 Å². The molecule has 0 spiro atoms. The second kappa shape index (κ2) is 10.1. The number of rotatable bonds is 7. The molecule has 5 nitrogen and oxygen atoms in total. The van der Waals surface area contributed by atoms with Crippen molar-refractivity contribution in [3.63, 3.8) is 0 Å². The molecule has 2 atom stereocenters. The van der Waals surface area contributed by atoms with Crippen molar-refractivity contribution in [3.05, 3.63) is 71.3 Å². The van der Waals surface area contributed by atoms with Crippen LogP contribution in [0.5, 0.6) is 0 Å². The van der Waals surface area contributed by atoms with E-state index in [-0.39, 0.29) is 36.5 Å². The molecule has 2 bridgehead atoms. The van der Waals surface area contributed by atoms with Crippen LogP contribution >= 0.6 is 0 Å². The van der Waals surface area contributed by atoms with Crippen molar-refractivity contribution < 1.29 is 19.1 Å². The standard InChI is InChI=1S/C26H31NO4/c1-2-3-7-19-10-12-21(13-11-19)25(28)22-14-23-17-30-18-24(15-22)27(23)26(29)31-16-20-8-5-4-6-9-20/h4-6,8-13,22-24H,2-3,7,14-18H2,1H3. The minimum absolute atomic E-state index is 0.0847. The number of carbonyl (C=O) groups excluding carboxylic acids is 2. The summed E-state index contributed by atoms with van der Waals surface area (Å²) in [6, 6.07) is 17.5. The molecule has 2 heterocycles. The molecular weight excluding hydrogens is 390 g/mol. The van der Waals surface area contributed by atoms with Crippen LogP contribution in [0.25, 0.3) is 0 Å². The van der Waals surface area contributed by atoms with Crippen LogP contribution in [0.3, 0.4) is 0 Å². The Morgan fingerprint density at radius 2 is 1.65 bits per heavy atom. The van der Waals surface area contributed by atoms with Crippen LogP contribution < -0.4 is 0 Å². The largest absolute Gasteiger partial charge is 0.445 e. The van der Waals surface area contributed by atoms with E-state index in [1.54, 1.807) is 0 Å². The molecule has 164 valence electrons.